The maximum absolute atomic E-state index is 13.0. The van der Waals surface area contributed by atoms with E-state index >= 15 is 0 Å². The third kappa shape index (κ3) is 3.76. The fraction of sp³-hybridized carbons (Fsp3) is 0.200. The van der Waals surface area contributed by atoms with Gasteiger partial charge in [0.2, 0.25) is 0 Å². The van der Waals surface area contributed by atoms with E-state index in [-0.39, 0.29) is 10.7 Å². The molecule has 0 saturated heterocycles. The van der Waals surface area contributed by atoms with Crippen molar-refractivity contribution in [1.29, 1.82) is 5.26 Å². The predicted molar refractivity (Wildman–Crippen MR) is 74.7 cm³/mol. The van der Waals surface area contributed by atoms with Gasteiger partial charge in [-0.1, -0.05) is 30.3 Å². The first-order valence-corrected chi connectivity index (χ1v) is 7.06. The van der Waals surface area contributed by atoms with Crippen molar-refractivity contribution < 1.29 is 13.2 Å². The van der Waals surface area contributed by atoms with Gasteiger partial charge in [-0.05, 0) is 18.6 Å². The summed E-state index contributed by atoms with van der Waals surface area (Å²) in [5, 5.41) is 9.17. The zero-order chi connectivity index (χ0) is 15.5. The van der Waals surface area contributed by atoms with Gasteiger partial charge >= 0.3 is 6.18 Å². The zero-order valence-electron chi connectivity index (χ0n) is 11.1. The van der Waals surface area contributed by atoms with Gasteiger partial charge < -0.3 is 0 Å². The minimum Gasteiger partial charge on any atom is -0.245 e. The molecule has 0 amide bonds. The van der Waals surface area contributed by atoms with Crippen molar-refractivity contribution >= 4 is 11.8 Å². The van der Waals surface area contributed by atoms with E-state index in [0.717, 1.165) is 23.4 Å². The van der Waals surface area contributed by atoms with Gasteiger partial charge in [0.25, 0.3) is 0 Å². The van der Waals surface area contributed by atoms with Crippen LogP contribution in [0, 0.1) is 18.3 Å². The van der Waals surface area contributed by atoms with E-state index in [2.05, 4.69) is 4.98 Å². The summed E-state index contributed by atoms with van der Waals surface area (Å²) in [4.78, 5) is 4.07. The Morgan fingerprint density at radius 3 is 2.48 bits per heavy atom. The lowest BCUT2D eigenvalue weighted by Crippen LogP contribution is -2.10. The minimum atomic E-state index is -4.55. The van der Waals surface area contributed by atoms with E-state index in [1.807, 2.05) is 30.3 Å². The summed E-state index contributed by atoms with van der Waals surface area (Å²) >= 11 is 1.14. The number of thioether (sulfide) groups is 1. The number of nitriles is 1. The van der Waals surface area contributed by atoms with E-state index in [4.69, 9.17) is 5.26 Å². The van der Waals surface area contributed by atoms with Gasteiger partial charge in [0.1, 0.15) is 11.1 Å². The van der Waals surface area contributed by atoms with Crippen molar-refractivity contribution in [3.05, 3.63) is 58.8 Å². The molecule has 0 saturated carbocycles. The second kappa shape index (κ2) is 6.19. The molecule has 1 aromatic carbocycles. The molecule has 0 atom stereocenters. The third-order valence-electron chi connectivity index (χ3n) is 2.75. The second-order valence-corrected chi connectivity index (χ2v) is 5.34. The first-order chi connectivity index (χ1) is 9.91. The van der Waals surface area contributed by atoms with Crippen LogP contribution in [0.3, 0.4) is 0 Å². The highest BCUT2D eigenvalue weighted by atomic mass is 32.2. The smallest absolute Gasteiger partial charge is 0.245 e. The Morgan fingerprint density at radius 1 is 1.24 bits per heavy atom. The molecule has 1 heterocycles. The maximum Gasteiger partial charge on any atom is 0.417 e. The van der Waals surface area contributed by atoms with E-state index in [0.29, 0.717) is 5.75 Å². The Hall–Kier alpha value is -2.00. The van der Waals surface area contributed by atoms with Gasteiger partial charge in [-0.3, -0.25) is 0 Å². The molecule has 0 fully saturated rings. The molecule has 2 rings (SSSR count). The number of nitrogens with zero attached hydrogens (tertiary/aromatic N) is 2. The van der Waals surface area contributed by atoms with E-state index in [9.17, 15) is 13.2 Å². The standard InChI is InChI=1S/C15H11F3N2S/c1-10-7-13(15(16,17)18)12(8-19)14(20-10)21-9-11-5-3-2-4-6-11/h2-7H,9H2,1H3. The lowest BCUT2D eigenvalue weighted by Gasteiger charge is -2.12. The highest BCUT2D eigenvalue weighted by molar-refractivity contribution is 7.98. The summed E-state index contributed by atoms with van der Waals surface area (Å²) in [6, 6.07) is 11.9. The number of aryl methyl sites for hydroxylation is 1. The molecule has 21 heavy (non-hydrogen) atoms. The Morgan fingerprint density at radius 2 is 1.90 bits per heavy atom. The Kier molecular flexibility index (Phi) is 4.53. The maximum atomic E-state index is 13.0. The molecular weight excluding hydrogens is 297 g/mol. The zero-order valence-corrected chi connectivity index (χ0v) is 11.9. The molecule has 0 spiro atoms. The van der Waals surface area contributed by atoms with Crippen LogP contribution in [0.5, 0.6) is 0 Å². The van der Waals surface area contributed by atoms with Crippen LogP contribution in [-0.4, -0.2) is 4.98 Å². The van der Waals surface area contributed by atoms with E-state index in [1.165, 1.54) is 6.92 Å². The van der Waals surface area contributed by atoms with Crippen molar-refractivity contribution in [3.63, 3.8) is 0 Å². The quantitative estimate of drug-likeness (QED) is 0.779. The topological polar surface area (TPSA) is 36.7 Å². The monoisotopic (exact) mass is 308 g/mol. The SMILES string of the molecule is Cc1cc(C(F)(F)F)c(C#N)c(SCc2ccccc2)n1. The fourth-order valence-corrected chi connectivity index (χ4v) is 2.81. The number of aromatic nitrogens is 1. The van der Waals surface area contributed by atoms with Crippen LogP contribution in [0.4, 0.5) is 13.2 Å². The number of halogens is 3. The van der Waals surface area contributed by atoms with Gasteiger partial charge in [0.15, 0.2) is 0 Å². The summed E-state index contributed by atoms with van der Waals surface area (Å²) in [6.07, 6.45) is -4.55. The summed E-state index contributed by atoms with van der Waals surface area (Å²) in [7, 11) is 0. The summed E-state index contributed by atoms with van der Waals surface area (Å²) < 4.78 is 38.9. The molecule has 1 aromatic heterocycles. The largest absolute Gasteiger partial charge is 0.417 e. The number of hydrogen-bond donors (Lipinski definition) is 0. The molecule has 0 aliphatic carbocycles. The number of pyridine rings is 1. The van der Waals surface area contributed by atoms with Gasteiger partial charge in [-0.2, -0.15) is 18.4 Å². The first-order valence-electron chi connectivity index (χ1n) is 6.07. The lowest BCUT2D eigenvalue weighted by molar-refractivity contribution is -0.138. The Labute approximate surface area is 124 Å². The van der Waals surface area contributed by atoms with Crippen LogP contribution in [-0.2, 0) is 11.9 Å². The number of alkyl halides is 3. The van der Waals surface area contributed by atoms with Gasteiger partial charge in [-0.15, -0.1) is 11.8 Å². The molecule has 0 aliphatic heterocycles. The van der Waals surface area contributed by atoms with Crippen LogP contribution < -0.4 is 0 Å². The van der Waals surface area contributed by atoms with E-state index < -0.39 is 17.3 Å². The van der Waals surface area contributed by atoms with Crippen molar-refractivity contribution in [2.24, 2.45) is 0 Å². The predicted octanol–water partition coefficient (Wildman–Crippen LogP) is 4.57. The van der Waals surface area contributed by atoms with Crippen LogP contribution in [0.25, 0.3) is 0 Å². The van der Waals surface area contributed by atoms with Crippen molar-refractivity contribution in [2.45, 2.75) is 23.9 Å². The number of rotatable bonds is 3. The van der Waals surface area contributed by atoms with Crippen molar-refractivity contribution in [1.82, 2.24) is 4.98 Å². The van der Waals surface area contributed by atoms with Crippen LogP contribution >= 0.6 is 11.8 Å². The highest BCUT2D eigenvalue weighted by Crippen LogP contribution is 2.36. The van der Waals surface area contributed by atoms with Crippen LogP contribution in [0.1, 0.15) is 22.4 Å². The van der Waals surface area contributed by atoms with Gasteiger partial charge in [0.05, 0.1) is 11.1 Å². The first kappa shape index (κ1) is 15.4. The summed E-state index contributed by atoms with van der Waals surface area (Å²) in [5.74, 6) is 0.462. The summed E-state index contributed by atoms with van der Waals surface area (Å²) in [5.41, 5.74) is -0.123. The molecule has 0 radical (unpaired) electrons. The van der Waals surface area contributed by atoms with Crippen LogP contribution in [0.15, 0.2) is 41.4 Å². The molecule has 0 unspecified atom stereocenters. The Balaban J connectivity index is 2.35. The van der Waals surface area contributed by atoms with Gasteiger partial charge in [-0.25, -0.2) is 4.98 Å². The number of benzene rings is 1. The fourth-order valence-electron chi connectivity index (χ4n) is 1.81. The average Bonchev–Trinajstić information content (AvgIpc) is 2.44. The molecule has 0 bridgehead atoms. The van der Waals surface area contributed by atoms with Gasteiger partial charge in [0, 0.05) is 11.4 Å². The second-order valence-electron chi connectivity index (χ2n) is 4.38. The molecule has 2 nitrogen and oxygen atoms in total. The third-order valence-corrected chi connectivity index (χ3v) is 3.80. The summed E-state index contributed by atoms with van der Waals surface area (Å²) in [6.45, 7) is 1.49. The molecule has 2 aromatic rings. The van der Waals surface area contributed by atoms with Crippen molar-refractivity contribution in [2.75, 3.05) is 0 Å². The number of hydrogen-bond acceptors (Lipinski definition) is 3. The van der Waals surface area contributed by atoms with Crippen molar-refractivity contribution in [3.8, 4) is 6.07 Å². The molecule has 0 aliphatic rings. The Bertz CT molecular complexity index is 676. The normalized spacial score (nSPS) is 11.2. The highest BCUT2D eigenvalue weighted by Gasteiger charge is 2.35. The average molecular weight is 308 g/mol. The molecule has 6 heteroatoms. The molecule has 0 N–H and O–H groups in total. The molecular formula is C15H11F3N2S. The minimum absolute atomic E-state index is 0.119. The lowest BCUT2D eigenvalue weighted by atomic mass is 10.1. The van der Waals surface area contributed by atoms with Crippen LogP contribution in [0.2, 0.25) is 0 Å². The van der Waals surface area contributed by atoms with E-state index in [1.54, 1.807) is 6.07 Å². The molecule has 108 valence electrons.